The largest absolute Gasteiger partial charge is 0.473 e. The Balaban J connectivity index is 1.30. The zero-order valence-corrected chi connectivity index (χ0v) is 17.4. The van der Waals surface area contributed by atoms with Crippen molar-refractivity contribution in [3.05, 3.63) is 64.9 Å². The molecular formula is C23H21ClF2N4O. The summed E-state index contributed by atoms with van der Waals surface area (Å²) >= 11 is 5.83. The Bertz CT molecular complexity index is 1070. The molecule has 2 aliphatic rings. The molecule has 1 aliphatic heterocycles. The predicted molar refractivity (Wildman–Crippen MR) is 116 cm³/mol. The van der Waals surface area contributed by atoms with E-state index in [1.54, 1.807) is 24.5 Å². The normalized spacial score (nSPS) is 18.2. The second-order valence-corrected chi connectivity index (χ2v) is 8.29. The van der Waals surface area contributed by atoms with E-state index in [1.165, 1.54) is 37.5 Å². The standard InChI is InChI=1S/C23H21ClF2N4O/c24-16-9-19-20(10-18(16)26)30-23(29-19)15-7-6-13(8-17(15)25)21-11-28-22(12-27-21)31-14-4-2-1-3-5-14/h6-12,14,23,29-30H,1-5H2. The third-order valence-corrected chi connectivity index (χ3v) is 6.02. The van der Waals surface area contributed by atoms with Crippen LogP contribution in [0.2, 0.25) is 5.02 Å². The van der Waals surface area contributed by atoms with Crippen LogP contribution in [0.15, 0.2) is 42.7 Å². The number of ether oxygens (including phenoxy) is 1. The average Bonchev–Trinajstić information content (AvgIpc) is 3.17. The van der Waals surface area contributed by atoms with Gasteiger partial charge in [-0.05, 0) is 37.8 Å². The van der Waals surface area contributed by atoms with Crippen molar-refractivity contribution in [1.82, 2.24) is 9.97 Å². The molecule has 2 N–H and O–H groups in total. The van der Waals surface area contributed by atoms with E-state index in [9.17, 15) is 8.78 Å². The Morgan fingerprint density at radius 2 is 1.68 bits per heavy atom. The number of fused-ring (bicyclic) bond motifs is 1. The molecular weight excluding hydrogens is 422 g/mol. The Morgan fingerprint density at radius 3 is 2.39 bits per heavy atom. The van der Waals surface area contributed by atoms with Crippen LogP contribution < -0.4 is 15.4 Å². The molecule has 2 aromatic carbocycles. The summed E-state index contributed by atoms with van der Waals surface area (Å²) in [6.45, 7) is 0. The van der Waals surface area contributed by atoms with Gasteiger partial charge in [0.2, 0.25) is 5.88 Å². The number of anilines is 2. The third kappa shape index (κ3) is 4.14. The van der Waals surface area contributed by atoms with Crippen LogP contribution in [0.25, 0.3) is 11.3 Å². The summed E-state index contributed by atoms with van der Waals surface area (Å²) in [4.78, 5) is 8.74. The van der Waals surface area contributed by atoms with Gasteiger partial charge in [0.05, 0.1) is 34.5 Å². The second kappa shape index (κ2) is 8.30. The van der Waals surface area contributed by atoms with Gasteiger partial charge in [-0.25, -0.2) is 18.7 Å². The van der Waals surface area contributed by atoms with E-state index in [2.05, 4.69) is 20.6 Å². The predicted octanol–water partition coefficient (Wildman–Crippen LogP) is 6.32. The van der Waals surface area contributed by atoms with Crippen molar-refractivity contribution in [2.45, 2.75) is 44.4 Å². The average molecular weight is 443 g/mol. The molecule has 1 aliphatic carbocycles. The fourth-order valence-corrected chi connectivity index (χ4v) is 4.25. The van der Waals surface area contributed by atoms with E-state index >= 15 is 0 Å². The van der Waals surface area contributed by atoms with Crippen LogP contribution >= 0.6 is 11.6 Å². The summed E-state index contributed by atoms with van der Waals surface area (Å²) in [6.07, 6.45) is 8.56. The van der Waals surface area contributed by atoms with Crippen LogP contribution in [0.5, 0.6) is 5.88 Å². The molecule has 0 amide bonds. The number of hydrogen-bond donors (Lipinski definition) is 2. The van der Waals surface area contributed by atoms with Crippen molar-refractivity contribution in [3.63, 3.8) is 0 Å². The van der Waals surface area contributed by atoms with Crippen molar-refractivity contribution in [1.29, 1.82) is 0 Å². The molecule has 0 spiro atoms. The molecule has 1 unspecified atom stereocenters. The smallest absolute Gasteiger partial charge is 0.232 e. The summed E-state index contributed by atoms with van der Waals surface area (Å²) in [5.74, 6) is -0.442. The van der Waals surface area contributed by atoms with Gasteiger partial charge in [0.15, 0.2) is 0 Å². The highest BCUT2D eigenvalue weighted by Gasteiger charge is 2.25. The Morgan fingerprint density at radius 1 is 0.903 bits per heavy atom. The molecule has 1 atom stereocenters. The first-order chi connectivity index (χ1) is 15.1. The first-order valence-corrected chi connectivity index (χ1v) is 10.8. The van der Waals surface area contributed by atoms with Crippen molar-refractivity contribution in [2.75, 3.05) is 10.6 Å². The van der Waals surface area contributed by atoms with E-state index in [1.807, 2.05) is 0 Å². The van der Waals surface area contributed by atoms with Gasteiger partial charge >= 0.3 is 0 Å². The molecule has 0 saturated heterocycles. The lowest BCUT2D eigenvalue weighted by Gasteiger charge is -2.22. The van der Waals surface area contributed by atoms with Crippen molar-refractivity contribution in [3.8, 4) is 17.1 Å². The van der Waals surface area contributed by atoms with Crippen molar-refractivity contribution >= 4 is 23.0 Å². The molecule has 1 aromatic heterocycles. The Kier molecular flexibility index (Phi) is 5.36. The van der Waals surface area contributed by atoms with Gasteiger partial charge in [0.25, 0.3) is 0 Å². The maximum absolute atomic E-state index is 14.9. The molecule has 1 saturated carbocycles. The van der Waals surface area contributed by atoms with Crippen LogP contribution in [-0.2, 0) is 0 Å². The number of benzene rings is 2. The first kappa shape index (κ1) is 20.0. The fourth-order valence-electron chi connectivity index (χ4n) is 4.09. The van der Waals surface area contributed by atoms with Gasteiger partial charge in [-0.1, -0.05) is 30.2 Å². The molecule has 3 aromatic rings. The van der Waals surface area contributed by atoms with Crippen LogP contribution in [0.3, 0.4) is 0 Å². The van der Waals surface area contributed by atoms with Gasteiger partial charge in [-0.15, -0.1) is 0 Å². The number of nitrogens with one attached hydrogen (secondary N) is 2. The Labute approximate surface area is 183 Å². The Hall–Kier alpha value is -2.93. The SMILES string of the molecule is Fc1cc2c(cc1Cl)NC(c1ccc(-c3cnc(OC4CCCCC4)cn3)cc1F)N2. The highest BCUT2D eigenvalue weighted by Crippen LogP contribution is 2.39. The quantitative estimate of drug-likeness (QED) is 0.495. The van der Waals surface area contributed by atoms with Crippen LogP contribution in [0.4, 0.5) is 20.2 Å². The monoisotopic (exact) mass is 442 g/mol. The minimum absolute atomic E-state index is 0.0130. The third-order valence-electron chi connectivity index (χ3n) is 5.74. The fraction of sp³-hybridized carbons (Fsp3) is 0.304. The molecule has 5 rings (SSSR count). The summed E-state index contributed by atoms with van der Waals surface area (Å²) in [6, 6.07) is 7.65. The van der Waals surface area contributed by atoms with E-state index in [-0.39, 0.29) is 11.1 Å². The van der Waals surface area contributed by atoms with Gasteiger partial charge in [-0.3, -0.25) is 0 Å². The van der Waals surface area contributed by atoms with Gasteiger partial charge in [0.1, 0.15) is 23.9 Å². The molecule has 0 bridgehead atoms. The maximum atomic E-state index is 14.9. The summed E-state index contributed by atoms with van der Waals surface area (Å²) in [7, 11) is 0. The lowest BCUT2D eigenvalue weighted by molar-refractivity contribution is 0.148. The molecule has 2 heterocycles. The highest BCUT2D eigenvalue weighted by molar-refractivity contribution is 6.31. The molecule has 160 valence electrons. The zero-order valence-electron chi connectivity index (χ0n) is 16.7. The molecule has 31 heavy (non-hydrogen) atoms. The minimum Gasteiger partial charge on any atom is -0.473 e. The number of hydrogen-bond acceptors (Lipinski definition) is 5. The molecule has 1 fully saturated rings. The van der Waals surface area contributed by atoms with Crippen LogP contribution in [0.1, 0.15) is 43.8 Å². The van der Waals surface area contributed by atoms with Crippen molar-refractivity contribution in [2.24, 2.45) is 0 Å². The topological polar surface area (TPSA) is 59.1 Å². The van der Waals surface area contributed by atoms with Crippen LogP contribution in [0, 0.1) is 11.6 Å². The molecule has 8 heteroatoms. The minimum atomic E-state index is -0.528. The van der Waals surface area contributed by atoms with E-state index < -0.39 is 17.8 Å². The first-order valence-electron chi connectivity index (χ1n) is 10.4. The number of nitrogens with zero attached hydrogens (tertiary/aromatic N) is 2. The highest BCUT2D eigenvalue weighted by atomic mass is 35.5. The maximum Gasteiger partial charge on any atom is 0.232 e. The number of halogens is 3. The van der Waals surface area contributed by atoms with E-state index in [4.69, 9.17) is 16.3 Å². The van der Waals surface area contributed by atoms with Gasteiger partial charge < -0.3 is 15.4 Å². The number of aromatic nitrogens is 2. The lowest BCUT2D eigenvalue weighted by Crippen LogP contribution is -2.20. The molecule has 0 radical (unpaired) electrons. The second-order valence-electron chi connectivity index (χ2n) is 7.89. The summed E-state index contributed by atoms with van der Waals surface area (Å²) in [5.41, 5.74) is 2.74. The zero-order chi connectivity index (χ0) is 21.4. The summed E-state index contributed by atoms with van der Waals surface area (Å²) in [5, 5.41) is 6.20. The lowest BCUT2D eigenvalue weighted by atomic mass is 9.98. The van der Waals surface area contributed by atoms with Crippen molar-refractivity contribution < 1.29 is 13.5 Å². The summed E-state index contributed by atoms with van der Waals surface area (Å²) < 4.78 is 34.5. The van der Waals surface area contributed by atoms with E-state index in [0.29, 0.717) is 34.1 Å². The van der Waals surface area contributed by atoms with Gasteiger partial charge in [0, 0.05) is 17.2 Å². The van der Waals surface area contributed by atoms with Crippen LogP contribution in [-0.4, -0.2) is 16.1 Å². The number of rotatable bonds is 4. The molecule has 5 nitrogen and oxygen atoms in total. The van der Waals surface area contributed by atoms with E-state index in [0.717, 1.165) is 12.8 Å². The van der Waals surface area contributed by atoms with Gasteiger partial charge in [-0.2, -0.15) is 0 Å².